The van der Waals surface area contributed by atoms with Crippen LogP contribution in [0.5, 0.6) is 0 Å². The number of hydrogen-bond donors (Lipinski definition) is 2. The van der Waals surface area contributed by atoms with Crippen molar-refractivity contribution in [3.8, 4) is 0 Å². The SMILES string of the molecule is C=C1C[C@@H]2CC[C@@]34C[C@@H]5O[C@H]6[C@@H](O3)[C@H]3O[C@H](CC[C@@H]3O[C@H]6C5O4)CC(=O)O[C@@H]3[C@@H](C)[C@@H]4O[C@@H]5C[C@@]6(C[C@@H]7O[C@]8(C[C@H](C)[C@@H]9O[C@@H]%10C[C@@H]([C@@H](O)CO)O[C@@H]%10C[C@@H]9O8)C[C@H](C)[C@@H]7O6)O[C@@H]5C[C@@H]4O[C@H]3C[C@H]3O[C@@H](CC[C@@H]1O2)C[C@@H](C)C3=C. The molecule has 0 amide bonds. The molecule has 0 saturated carbocycles. The van der Waals surface area contributed by atoms with Gasteiger partial charge in [0.05, 0.1) is 129 Å². The van der Waals surface area contributed by atoms with Gasteiger partial charge in [-0.2, -0.15) is 0 Å². The highest BCUT2D eigenvalue weighted by atomic mass is 16.8. The van der Waals surface area contributed by atoms with Crippen LogP contribution in [-0.4, -0.2) is 199 Å². The van der Waals surface area contributed by atoms with Crippen molar-refractivity contribution in [3.05, 3.63) is 24.3 Å². The Morgan fingerprint density at radius 3 is 1.99 bits per heavy atom. The molecule has 19 nitrogen and oxygen atoms in total. The van der Waals surface area contributed by atoms with Gasteiger partial charge in [0.2, 0.25) is 0 Å². The van der Waals surface area contributed by atoms with Crippen molar-refractivity contribution in [2.75, 3.05) is 6.61 Å². The van der Waals surface area contributed by atoms with Crippen LogP contribution in [0.2, 0.25) is 0 Å². The Bertz CT molecular complexity index is 2410. The fourth-order valence-electron chi connectivity index (χ4n) is 18.8. The molecule has 0 aromatic carbocycles. The van der Waals surface area contributed by atoms with Crippen molar-refractivity contribution < 1.29 is 90.8 Å². The van der Waals surface area contributed by atoms with Gasteiger partial charge >= 0.3 is 5.97 Å². The summed E-state index contributed by atoms with van der Waals surface area (Å²) in [5.74, 6) is -2.60. The number of esters is 1. The first-order chi connectivity index (χ1) is 38.6. The Hall–Kier alpha value is -1.73. The lowest BCUT2D eigenvalue weighted by Crippen LogP contribution is -2.62. The van der Waals surface area contributed by atoms with E-state index < -0.39 is 60.1 Å². The van der Waals surface area contributed by atoms with Crippen molar-refractivity contribution in [1.82, 2.24) is 0 Å². The number of aliphatic hydroxyl groups is 2. The number of carbonyl (C=O) groups excluding carboxylic acids is 1. The lowest BCUT2D eigenvalue weighted by Gasteiger charge is -2.54. The van der Waals surface area contributed by atoms with Crippen LogP contribution in [-0.2, 0) is 80.6 Å². The molecule has 0 aliphatic carbocycles. The Kier molecular flexibility index (Phi) is 13.4. The van der Waals surface area contributed by atoms with E-state index in [1.807, 2.05) is 0 Å². The van der Waals surface area contributed by atoms with Gasteiger partial charge in [-0.05, 0) is 73.8 Å². The van der Waals surface area contributed by atoms with Gasteiger partial charge in [-0.3, -0.25) is 4.79 Å². The van der Waals surface area contributed by atoms with Crippen molar-refractivity contribution in [3.63, 3.8) is 0 Å². The molecule has 444 valence electrons. The highest BCUT2D eigenvalue weighted by Gasteiger charge is 2.70. The highest BCUT2D eigenvalue weighted by Crippen LogP contribution is 2.58. The van der Waals surface area contributed by atoms with E-state index in [9.17, 15) is 15.0 Å². The molecule has 17 aliphatic rings. The molecule has 17 heterocycles. The van der Waals surface area contributed by atoms with Crippen LogP contribution in [0.15, 0.2) is 24.3 Å². The van der Waals surface area contributed by atoms with Crippen LogP contribution in [0.3, 0.4) is 0 Å². The summed E-state index contributed by atoms with van der Waals surface area (Å²) >= 11 is 0. The number of rotatable bonds is 2. The smallest absolute Gasteiger partial charge is 0.308 e. The van der Waals surface area contributed by atoms with E-state index >= 15 is 0 Å². The topological polar surface area (TPSA) is 205 Å². The molecule has 0 radical (unpaired) electrons. The summed E-state index contributed by atoms with van der Waals surface area (Å²) in [4.78, 5) is 14.6. The summed E-state index contributed by atoms with van der Waals surface area (Å²) in [6.45, 7) is 17.6. The minimum Gasteiger partial charge on any atom is -0.459 e. The normalized spacial score (nSPS) is 58.9. The summed E-state index contributed by atoms with van der Waals surface area (Å²) < 4.78 is 110. The molecule has 17 saturated heterocycles. The standard InChI is InChI=1S/C61H86O19/c1-26-13-32-7-9-36-27(2)14-34(65-36)11-12-59-23-47-55(79-59)56-57(73-47)58(80-59)54-37(70-56)10-8-33(67-54)15-49(64)74-53-31(6)52-44(69-43(53)16-38(66-32)30(26)5)19-42-46(72-52)22-61(75-42)24-48-51(78-61)29(4)21-60(77-48)20-28(3)50-45(76-60)18-40-41(71-50)17-39(68-40)35(63)25-62/h26,28-29,31-48,50-58,62-63H,2,5,7-25H2,1,3-4,6H3/t26-,28+,29+,31+,32+,33-,34+,35+,36+,37+,38-,39+,40-,41-,42-,43+,44+,45+,46-,47+,48+,50+,51+,52+,53-,54+,55?,56+,57-,58+,59+,60-,61-/m1/s1. The first kappa shape index (κ1) is 53.7. The van der Waals surface area contributed by atoms with E-state index in [-0.39, 0.29) is 159 Å². The largest absolute Gasteiger partial charge is 0.459 e. The van der Waals surface area contributed by atoms with Crippen molar-refractivity contribution in [1.29, 1.82) is 0 Å². The fourth-order valence-corrected chi connectivity index (χ4v) is 18.8. The third kappa shape index (κ3) is 8.99. The molecular weight excluding hydrogens is 1040 g/mol. The second kappa shape index (κ2) is 19.9. The zero-order valence-corrected chi connectivity index (χ0v) is 47.0. The van der Waals surface area contributed by atoms with Gasteiger partial charge in [-0.1, -0.05) is 40.9 Å². The maximum Gasteiger partial charge on any atom is 0.308 e. The molecule has 1 unspecified atom stereocenters. The second-order valence-corrected chi connectivity index (χ2v) is 28.1. The summed E-state index contributed by atoms with van der Waals surface area (Å²) in [6.07, 6.45) is 4.03. The second-order valence-electron chi connectivity index (χ2n) is 28.1. The Morgan fingerprint density at radius 1 is 0.475 bits per heavy atom. The number of fused-ring (bicyclic) bond motifs is 11. The van der Waals surface area contributed by atoms with Crippen molar-refractivity contribution >= 4 is 5.97 Å². The summed E-state index contributed by atoms with van der Waals surface area (Å²) in [6, 6.07) is 0. The van der Waals surface area contributed by atoms with Crippen LogP contribution in [0.25, 0.3) is 0 Å². The maximum absolute atomic E-state index is 14.6. The molecule has 3 spiro atoms. The molecule has 17 rings (SSSR count). The molecule has 2 N–H and O–H groups in total. The van der Waals surface area contributed by atoms with Gasteiger partial charge in [0.25, 0.3) is 0 Å². The quantitative estimate of drug-likeness (QED) is 0.265. The summed E-state index contributed by atoms with van der Waals surface area (Å²) in [7, 11) is 0. The van der Waals surface area contributed by atoms with Crippen LogP contribution in [0, 0.1) is 23.7 Å². The van der Waals surface area contributed by atoms with Gasteiger partial charge in [0.1, 0.15) is 42.7 Å². The van der Waals surface area contributed by atoms with Crippen LogP contribution < -0.4 is 0 Å². The monoisotopic (exact) mass is 1120 g/mol. The number of ether oxygens (including phenoxy) is 16. The molecule has 17 aliphatic heterocycles. The summed E-state index contributed by atoms with van der Waals surface area (Å²) in [5, 5.41) is 20.0. The van der Waals surface area contributed by atoms with Gasteiger partial charge in [-0.25, -0.2) is 0 Å². The minimum absolute atomic E-state index is 0.0140. The van der Waals surface area contributed by atoms with Gasteiger partial charge in [0, 0.05) is 70.1 Å². The third-order valence-corrected chi connectivity index (χ3v) is 22.6. The first-order valence-electron chi connectivity index (χ1n) is 31.4. The predicted octanol–water partition coefficient (Wildman–Crippen LogP) is 5.33. The van der Waals surface area contributed by atoms with Crippen LogP contribution in [0.1, 0.15) is 143 Å². The lowest BCUT2D eigenvalue weighted by atomic mass is 9.78. The Morgan fingerprint density at radius 2 is 1.12 bits per heavy atom. The van der Waals surface area contributed by atoms with E-state index in [2.05, 4.69) is 40.9 Å². The van der Waals surface area contributed by atoms with Crippen LogP contribution in [0.4, 0.5) is 0 Å². The third-order valence-electron chi connectivity index (χ3n) is 22.6. The molecule has 19 heteroatoms. The lowest BCUT2D eigenvalue weighted by molar-refractivity contribution is -0.369. The molecule has 33 atom stereocenters. The first-order valence-corrected chi connectivity index (χ1v) is 31.4. The van der Waals surface area contributed by atoms with E-state index in [1.165, 1.54) is 0 Å². The highest BCUT2D eigenvalue weighted by molar-refractivity contribution is 5.70. The van der Waals surface area contributed by atoms with Crippen molar-refractivity contribution in [2.45, 2.75) is 319 Å². The number of aliphatic hydroxyl groups excluding tert-OH is 2. The summed E-state index contributed by atoms with van der Waals surface area (Å²) in [5.41, 5.74) is 2.16. The molecule has 80 heavy (non-hydrogen) atoms. The van der Waals surface area contributed by atoms with E-state index in [0.29, 0.717) is 70.6 Å². The molecule has 0 aromatic heterocycles. The maximum atomic E-state index is 14.6. The molecule has 12 bridgehead atoms. The zero-order chi connectivity index (χ0) is 54.3. The van der Waals surface area contributed by atoms with Gasteiger partial charge in [0.15, 0.2) is 17.4 Å². The van der Waals surface area contributed by atoms with Gasteiger partial charge < -0.3 is 86.0 Å². The van der Waals surface area contributed by atoms with Crippen molar-refractivity contribution in [2.24, 2.45) is 23.7 Å². The average Bonchev–Trinajstić information content (AvgIpc) is 3.61. The fraction of sp³-hybridized carbons (Fsp3) is 0.918. The van der Waals surface area contributed by atoms with E-state index in [4.69, 9.17) is 75.8 Å². The Balaban J connectivity index is 0.628. The molecule has 17 fully saturated rings. The molecular formula is C61H86O19. The van der Waals surface area contributed by atoms with E-state index in [1.54, 1.807) is 0 Å². The van der Waals surface area contributed by atoms with E-state index in [0.717, 1.165) is 49.7 Å². The average molecular weight is 1120 g/mol. The number of hydrogen-bond acceptors (Lipinski definition) is 19. The zero-order valence-electron chi connectivity index (χ0n) is 47.0. The number of carbonyl (C=O) groups is 1. The Labute approximate surface area is 469 Å². The minimum atomic E-state index is -0.941. The molecule has 0 aromatic rings. The van der Waals surface area contributed by atoms with Crippen LogP contribution >= 0.6 is 0 Å². The van der Waals surface area contributed by atoms with Gasteiger partial charge in [-0.15, -0.1) is 0 Å². The predicted molar refractivity (Wildman–Crippen MR) is 276 cm³/mol.